The molecule has 1 aromatic carbocycles. The van der Waals surface area contributed by atoms with Gasteiger partial charge in [0.2, 0.25) is 0 Å². The number of para-hydroxylation sites is 1. The molecular weight excluding hydrogens is 228 g/mol. The average Bonchev–Trinajstić information content (AvgIpc) is 2.25. The van der Waals surface area contributed by atoms with Crippen LogP contribution in [0.1, 0.15) is 32.9 Å². The van der Waals surface area contributed by atoms with Crippen LogP contribution in [-0.2, 0) is 7.05 Å². The number of rotatable bonds is 1. The fourth-order valence-corrected chi connectivity index (χ4v) is 2.21. The zero-order chi connectivity index (χ0) is 12.7. The van der Waals surface area contributed by atoms with Gasteiger partial charge in [-0.25, -0.2) is 4.79 Å². The lowest BCUT2D eigenvalue weighted by Crippen LogP contribution is -2.40. The maximum atomic E-state index is 12.2. The number of aryl methyl sites for hydroxylation is 2. The Balaban J connectivity index is 0.00000162. The van der Waals surface area contributed by atoms with Crippen molar-refractivity contribution in [2.75, 3.05) is 0 Å². The molecule has 2 rings (SSSR count). The molecule has 0 amide bonds. The second-order valence-electron chi connectivity index (χ2n) is 4.58. The normalized spacial score (nSPS) is 10.7. The third-order valence-corrected chi connectivity index (χ3v) is 3.03. The molecule has 0 saturated carbocycles. The molecule has 0 radical (unpaired) electrons. The predicted octanol–water partition coefficient (Wildman–Crippen LogP) is 2.23. The quantitative estimate of drug-likeness (QED) is 0.776. The van der Waals surface area contributed by atoms with E-state index in [4.69, 9.17) is 0 Å². The van der Waals surface area contributed by atoms with Gasteiger partial charge in [-0.15, -0.1) is 0 Å². The minimum Gasteiger partial charge on any atom is -0.296 e. The van der Waals surface area contributed by atoms with Crippen molar-refractivity contribution in [3.05, 3.63) is 44.6 Å². The summed E-state index contributed by atoms with van der Waals surface area (Å²) in [5.74, 6) is 0. The van der Waals surface area contributed by atoms with Gasteiger partial charge in [-0.2, -0.15) is 0 Å². The van der Waals surface area contributed by atoms with Crippen LogP contribution in [0.3, 0.4) is 0 Å². The van der Waals surface area contributed by atoms with Crippen LogP contribution >= 0.6 is 0 Å². The molecule has 0 atom stereocenters. The second kappa shape index (κ2) is 4.80. The van der Waals surface area contributed by atoms with Gasteiger partial charge in [-0.05, 0) is 32.4 Å². The van der Waals surface area contributed by atoms with Crippen molar-refractivity contribution in [3.63, 3.8) is 0 Å². The van der Waals surface area contributed by atoms with E-state index in [1.54, 1.807) is 17.7 Å². The van der Waals surface area contributed by atoms with Gasteiger partial charge in [-0.1, -0.05) is 19.6 Å². The Labute approximate surface area is 106 Å². The minimum absolute atomic E-state index is 0. The minimum atomic E-state index is -0.258. The van der Waals surface area contributed by atoms with E-state index in [1.807, 2.05) is 32.9 Å². The summed E-state index contributed by atoms with van der Waals surface area (Å²) >= 11 is 0. The molecule has 0 aliphatic heterocycles. The summed E-state index contributed by atoms with van der Waals surface area (Å²) in [6.07, 6.45) is 0. The van der Waals surface area contributed by atoms with Gasteiger partial charge in [0.05, 0.1) is 10.9 Å². The van der Waals surface area contributed by atoms with Crippen LogP contribution in [0.2, 0.25) is 0 Å². The summed E-state index contributed by atoms with van der Waals surface area (Å²) in [6.45, 7) is 5.58. The second-order valence-corrected chi connectivity index (χ2v) is 4.58. The Hall–Kier alpha value is -1.84. The first-order valence-electron chi connectivity index (χ1n) is 5.66. The first kappa shape index (κ1) is 14.2. The summed E-state index contributed by atoms with van der Waals surface area (Å²) in [7, 11) is 1.70. The van der Waals surface area contributed by atoms with Crippen LogP contribution in [0.15, 0.2) is 27.8 Å². The van der Waals surface area contributed by atoms with Crippen LogP contribution in [-0.4, -0.2) is 9.13 Å². The van der Waals surface area contributed by atoms with Crippen molar-refractivity contribution in [2.45, 2.75) is 34.2 Å². The van der Waals surface area contributed by atoms with Gasteiger partial charge in [0, 0.05) is 13.1 Å². The fraction of sp³-hybridized carbons (Fsp3) is 0.429. The molecule has 2 aromatic rings. The number of hydrogen-bond donors (Lipinski definition) is 0. The summed E-state index contributed by atoms with van der Waals surface area (Å²) in [5, 5.41) is 0.598. The molecule has 18 heavy (non-hydrogen) atoms. The van der Waals surface area contributed by atoms with Crippen LogP contribution in [0.5, 0.6) is 0 Å². The van der Waals surface area contributed by atoms with Gasteiger partial charge in [0.15, 0.2) is 0 Å². The third kappa shape index (κ3) is 1.88. The predicted molar refractivity (Wildman–Crippen MR) is 75.3 cm³/mol. The largest absolute Gasteiger partial charge is 0.331 e. The number of nitrogens with zero attached hydrogens (tertiary/aromatic N) is 2. The van der Waals surface area contributed by atoms with Crippen molar-refractivity contribution in [2.24, 2.45) is 7.05 Å². The molecule has 0 bridgehead atoms. The van der Waals surface area contributed by atoms with Gasteiger partial charge in [-0.3, -0.25) is 13.9 Å². The van der Waals surface area contributed by atoms with Gasteiger partial charge in [0.1, 0.15) is 0 Å². The highest BCUT2D eigenvalue weighted by molar-refractivity contribution is 5.81. The third-order valence-electron chi connectivity index (χ3n) is 3.03. The van der Waals surface area contributed by atoms with Gasteiger partial charge >= 0.3 is 5.69 Å². The van der Waals surface area contributed by atoms with Crippen LogP contribution in [0, 0.1) is 6.92 Å². The molecule has 1 heterocycles. The molecule has 0 N–H and O–H groups in total. The molecule has 4 heteroatoms. The lowest BCUT2D eigenvalue weighted by atomic mass is 10.1. The highest BCUT2D eigenvalue weighted by Gasteiger charge is 2.13. The first-order valence-corrected chi connectivity index (χ1v) is 5.66. The summed E-state index contributed by atoms with van der Waals surface area (Å²) in [5.41, 5.74) is 1.20. The Bertz CT molecular complexity index is 693. The van der Waals surface area contributed by atoms with E-state index in [0.29, 0.717) is 5.39 Å². The summed E-state index contributed by atoms with van der Waals surface area (Å²) in [4.78, 5) is 24.4. The zero-order valence-corrected chi connectivity index (χ0v) is 10.5. The summed E-state index contributed by atoms with van der Waals surface area (Å²) < 4.78 is 2.84. The maximum absolute atomic E-state index is 12.2. The van der Waals surface area contributed by atoms with Crippen molar-refractivity contribution in [1.29, 1.82) is 0 Å². The summed E-state index contributed by atoms with van der Waals surface area (Å²) in [6, 6.07) is 5.38. The van der Waals surface area contributed by atoms with Gasteiger partial charge < -0.3 is 0 Å². The number of fused-ring (bicyclic) bond motifs is 1. The van der Waals surface area contributed by atoms with E-state index in [9.17, 15) is 9.59 Å². The van der Waals surface area contributed by atoms with Gasteiger partial charge in [0.25, 0.3) is 5.56 Å². The molecule has 0 aliphatic rings. The molecule has 4 nitrogen and oxygen atoms in total. The van der Waals surface area contributed by atoms with Crippen molar-refractivity contribution in [1.82, 2.24) is 9.13 Å². The molecule has 0 unspecified atom stereocenters. The van der Waals surface area contributed by atoms with Crippen LogP contribution < -0.4 is 11.2 Å². The molecule has 0 saturated heterocycles. The standard InChI is InChI=1S/C13H16N2O2.CH4/c1-8(2)15-12(16)10-7-5-6-9(3)11(10)14(4)13(15)17;/h5-8H,1-4H3;1H4. The highest BCUT2D eigenvalue weighted by atomic mass is 16.2. The zero-order valence-electron chi connectivity index (χ0n) is 10.5. The van der Waals surface area contributed by atoms with E-state index in [1.165, 1.54) is 4.57 Å². The molecule has 0 fully saturated rings. The lowest BCUT2D eigenvalue weighted by molar-refractivity contribution is 0.532. The Morgan fingerprint density at radius 3 is 2.33 bits per heavy atom. The monoisotopic (exact) mass is 248 g/mol. The van der Waals surface area contributed by atoms with E-state index in [-0.39, 0.29) is 24.7 Å². The van der Waals surface area contributed by atoms with E-state index >= 15 is 0 Å². The number of aromatic nitrogens is 2. The molecule has 98 valence electrons. The molecular formula is C14H20N2O2. The first-order chi connectivity index (χ1) is 7.95. The smallest absolute Gasteiger partial charge is 0.296 e. The van der Waals surface area contributed by atoms with E-state index in [0.717, 1.165) is 11.1 Å². The lowest BCUT2D eigenvalue weighted by Gasteiger charge is -2.14. The molecule has 1 aromatic heterocycles. The highest BCUT2D eigenvalue weighted by Crippen LogP contribution is 2.13. The number of hydrogen-bond acceptors (Lipinski definition) is 2. The van der Waals surface area contributed by atoms with Crippen molar-refractivity contribution >= 4 is 10.9 Å². The van der Waals surface area contributed by atoms with Crippen LogP contribution in [0.4, 0.5) is 0 Å². The van der Waals surface area contributed by atoms with E-state index in [2.05, 4.69) is 0 Å². The van der Waals surface area contributed by atoms with E-state index < -0.39 is 0 Å². The topological polar surface area (TPSA) is 44.0 Å². The Morgan fingerprint density at radius 1 is 1.17 bits per heavy atom. The average molecular weight is 248 g/mol. The Kier molecular flexibility index (Phi) is 3.79. The maximum Gasteiger partial charge on any atom is 0.331 e. The van der Waals surface area contributed by atoms with Crippen LogP contribution in [0.25, 0.3) is 10.9 Å². The van der Waals surface area contributed by atoms with Crippen molar-refractivity contribution < 1.29 is 0 Å². The Morgan fingerprint density at radius 2 is 1.78 bits per heavy atom. The SMILES string of the molecule is C.Cc1cccc2c(=O)n(C(C)C)c(=O)n(C)c12. The fourth-order valence-electron chi connectivity index (χ4n) is 2.21. The number of benzene rings is 1. The molecule has 0 aliphatic carbocycles. The van der Waals surface area contributed by atoms with Crippen molar-refractivity contribution in [3.8, 4) is 0 Å². The molecule has 0 spiro atoms.